The zero-order valence-corrected chi connectivity index (χ0v) is 8.71. The quantitative estimate of drug-likeness (QED) is 0.653. The molecule has 1 aromatic rings. The van der Waals surface area contributed by atoms with Crippen molar-refractivity contribution in [1.29, 1.82) is 0 Å². The average Bonchev–Trinajstić information content (AvgIpc) is 2.04. The fourth-order valence-corrected chi connectivity index (χ4v) is 1.74. The number of aliphatic hydroxyl groups is 1. The molecule has 1 aromatic carbocycles. The normalized spacial score (nSPS) is 13.0. The minimum atomic E-state index is -0.537. The molecule has 11 heavy (non-hydrogen) atoms. The van der Waals surface area contributed by atoms with Crippen molar-refractivity contribution >= 4 is 34.2 Å². The van der Waals surface area contributed by atoms with E-state index in [1.54, 1.807) is 0 Å². The van der Waals surface area contributed by atoms with Crippen LogP contribution in [0.25, 0.3) is 0 Å². The zero-order valence-electron chi connectivity index (χ0n) is 5.80. The van der Waals surface area contributed by atoms with E-state index < -0.39 is 6.10 Å². The van der Waals surface area contributed by atoms with Gasteiger partial charge in [0.15, 0.2) is 0 Å². The molecule has 1 N–H and O–H groups in total. The van der Waals surface area contributed by atoms with E-state index in [1.807, 2.05) is 24.3 Å². The van der Waals surface area contributed by atoms with E-state index in [0.717, 1.165) is 9.13 Å². The predicted octanol–water partition coefficient (Wildman–Crippen LogP) is 2.56. The third-order valence-electron chi connectivity index (χ3n) is 1.41. The van der Waals surface area contributed by atoms with Gasteiger partial charge in [0.25, 0.3) is 0 Å². The van der Waals surface area contributed by atoms with E-state index in [2.05, 4.69) is 22.6 Å². The van der Waals surface area contributed by atoms with Crippen molar-refractivity contribution in [2.24, 2.45) is 0 Å². The van der Waals surface area contributed by atoms with Crippen LogP contribution in [0.2, 0.25) is 0 Å². The van der Waals surface area contributed by atoms with Crippen LogP contribution in [0.3, 0.4) is 0 Å². The summed E-state index contributed by atoms with van der Waals surface area (Å²) in [6.07, 6.45) is -0.537. The van der Waals surface area contributed by atoms with Gasteiger partial charge in [0.1, 0.15) is 0 Å². The first-order valence-electron chi connectivity index (χ1n) is 3.24. The van der Waals surface area contributed by atoms with Crippen molar-refractivity contribution in [2.75, 3.05) is 5.88 Å². The van der Waals surface area contributed by atoms with Gasteiger partial charge in [0.05, 0.1) is 12.0 Å². The Hall–Kier alpha value is 0.200. The van der Waals surface area contributed by atoms with Crippen molar-refractivity contribution in [3.8, 4) is 0 Å². The van der Waals surface area contributed by atoms with Gasteiger partial charge in [-0.15, -0.1) is 11.6 Å². The summed E-state index contributed by atoms with van der Waals surface area (Å²) in [5.41, 5.74) is 0.906. The molecule has 0 unspecified atom stereocenters. The Balaban J connectivity index is 2.93. The number of alkyl halides is 1. The summed E-state index contributed by atoms with van der Waals surface area (Å²) in [6.45, 7) is 0. The van der Waals surface area contributed by atoms with Gasteiger partial charge in [-0.2, -0.15) is 0 Å². The molecule has 0 saturated carbocycles. The van der Waals surface area contributed by atoms with E-state index in [0.29, 0.717) is 0 Å². The van der Waals surface area contributed by atoms with Crippen LogP contribution >= 0.6 is 34.2 Å². The van der Waals surface area contributed by atoms with Gasteiger partial charge in [-0.05, 0) is 34.2 Å². The number of aliphatic hydroxyl groups excluding tert-OH is 1. The maximum atomic E-state index is 9.37. The highest BCUT2D eigenvalue weighted by Crippen LogP contribution is 2.20. The molecule has 0 fully saturated rings. The largest absolute Gasteiger partial charge is 0.387 e. The van der Waals surface area contributed by atoms with Gasteiger partial charge in [-0.25, -0.2) is 0 Å². The lowest BCUT2D eigenvalue weighted by molar-refractivity contribution is 0.202. The molecule has 0 bridgehead atoms. The number of hydrogen-bond donors (Lipinski definition) is 1. The summed E-state index contributed by atoms with van der Waals surface area (Å²) in [4.78, 5) is 0. The molecule has 1 nitrogen and oxygen atoms in total. The standard InChI is InChI=1S/C8H8ClIO/c9-5-8(11)6-3-1-2-4-7(6)10/h1-4,8,11H,5H2/t8-/m1/s1. The predicted molar refractivity (Wildman–Crippen MR) is 54.8 cm³/mol. The molecule has 0 aliphatic heterocycles. The molecular formula is C8H8ClIO. The van der Waals surface area contributed by atoms with Gasteiger partial charge in [0.2, 0.25) is 0 Å². The molecule has 0 aliphatic rings. The highest BCUT2D eigenvalue weighted by atomic mass is 127. The van der Waals surface area contributed by atoms with Crippen LogP contribution in [0.4, 0.5) is 0 Å². The molecule has 0 saturated heterocycles. The summed E-state index contributed by atoms with van der Waals surface area (Å²) >= 11 is 7.69. The Bertz CT molecular complexity index is 239. The molecule has 0 spiro atoms. The molecule has 1 atom stereocenters. The van der Waals surface area contributed by atoms with Crippen LogP contribution in [0, 0.1) is 3.57 Å². The Kier molecular flexibility index (Phi) is 3.62. The van der Waals surface area contributed by atoms with Crippen LogP contribution in [0.1, 0.15) is 11.7 Å². The van der Waals surface area contributed by atoms with E-state index in [1.165, 1.54) is 0 Å². The van der Waals surface area contributed by atoms with Crippen LogP contribution < -0.4 is 0 Å². The number of benzene rings is 1. The summed E-state index contributed by atoms with van der Waals surface area (Å²) in [5, 5.41) is 9.37. The monoisotopic (exact) mass is 282 g/mol. The Morgan fingerprint density at radius 3 is 2.64 bits per heavy atom. The molecule has 0 amide bonds. The molecule has 0 aromatic heterocycles. The Morgan fingerprint density at radius 1 is 1.45 bits per heavy atom. The second kappa shape index (κ2) is 4.28. The minimum Gasteiger partial charge on any atom is -0.387 e. The molecular weight excluding hydrogens is 274 g/mol. The summed E-state index contributed by atoms with van der Waals surface area (Å²) in [7, 11) is 0. The first-order valence-corrected chi connectivity index (χ1v) is 4.85. The van der Waals surface area contributed by atoms with E-state index in [4.69, 9.17) is 11.6 Å². The number of rotatable bonds is 2. The van der Waals surface area contributed by atoms with Gasteiger partial charge in [-0.1, -0.05) is 18.2 Å². The topological polar surface area (TPSA) is 20.2 Å². The molecule has 0 aliphatic carbocycles. The van der Waals surface area contributed by atoms with Gasteiger partial charge < -0.3 is 5.11 Å². The highest BCUT2D eigenvalue weighted by molar-refractivity contribution is 14.1. The van der Waals surface area contributed by atoms with Gasteiger partial charge >= 0.3 is 0 Å². The first-order chi connectivity index (χ1) is 5.25. The van der Waals surface area contributed by atoms with Crippen molar-refractivity contribution in [3.05, 3.63) is 33.4 Å². The molecule has 3 heteroatoms. The van der Waals surface area contributed by atoms with Crippen molar-refractivity contribution in [2.45, 2.75) is 6.10 Å². The lowest BCUT2D eigenvalue weighted by Crippen LogP contribution is -2.00. The van der Waals surface area contributed by atoms with E-state index in [-0.39, 0.29) is 5.88 Å². The fraction of sp³-hybridized carbons (Fsp3) is 0.250. The average molecular weight is 283 g/mol. The highest BCUT2D eigenvalue weighted by Gasteiger charge is 2.07. The Labute approximate surface area is 84.5 Å². The maximum Gasteiger partial charge on any atom is 0.0935 e. The zero-order chi connectivity index (χ0) is 8.27. The molecule has 60 valence electrons. The van der Waals surface area contributed by atoms with Crippen LogP contribution in [0.5, 0.6) is 0 Å². The second-order valence-corrected chi connectivity index (χ2v) is 3.66. The van der Waals surface area contributed by atoms with Crippen LogP contribution in [-0.2, 0) is 0 Å². The summed E-state index contributed by atoms with van der Waals surface area (Å²) < 4.78 is 1.05. The third kappa shape index (κ3) is 2.32. The van der Waals surface area contributed by atoms with Crippen LogP contribution in [0.15, 0.2) is 24.3 Å². The molecule has 0 radical (unpaired) electrons. The first kappa shape index (κ1) is 9.29. The lowest BCUT2D eigenvalue weighted by atomic mass is 10.1. The second-order valence-electron chi connectivity index (χ2n) is 2.19. The molecule has 1 rings (SSSR count). The Morgan fingerprint density at radius 2 is 2.09 bits per heavy atom. The van der Waals surface area contributed by atoms with E-state index in [9.17, 15) is 5.11 Å². The van der Waals surface area contributed by atoms with Crippen molar-refractivity contribution in [3.63, 3.8) is 0 Å². The SMILES string of the molecule is O[C@H](CCl)c1ccccc1I. The summed E-state index contributed by atoms with van der Waals surface area (Å²) in [5.74, 6) is 0.250. The van der Waals surface area contributed by atoms with Crippen LogP contribution in [-0.4, -0.2) is 11.0 Å². The summed E-state index contributed by atoms with van der Waals surface area (Å²) in [6, 6.07) is 7.67. The number of hydrogen-bond acceptors (Lipinski definition) is 1. The van der Waals surface area contributed by atoms with Crippen molar-refractivity contribution in [1.82, 2.24) is 0 Å². The smallest absolute Gasteiger partial charge is 0.0935 e. The lowest BCUT2D eigenvalue weighted by Gasteiger charge is -2.08. The molecule has 0 heterocycles. The number of halogens is 2. The van der Waals surface area contributed by atoms with Gasteiger partial charge in [0, 0.05) is 3.57 Å². The maximum absolute atomic E-state index is 9.37. The minimum absolute atomic E-state index is 0.250. The third-order valence-corrected chi connectivity index (χ3v) is 2.69. The van der Waals surface area contributed by atoms with Gasteiger partial charge in [-0.3, -0.25) is 0 Å². The van der Waals surface area contributed by atoms with Crippen molar-refractivity contribution < 1.29 is 5.11 Å². The van der Waals surface area contributed by atoms with E-state index >= 15 is 0 Å². The fourth-order valence-electron chi connectivity index (χ4n) is 0.828.